The first-order chi connectivity index (χ1) is 12.8. The topological polar surface area (TPSA) is 0 Å². The van der Waals surface area contributed by atoms with E-state index in [0.717, 1.165) is 5.02 Å². The second-order valence-electron chi connectivity index (χ2n) is 6.37. The predicted molar refractivity (Wildman–Crippen MR) is 115 cm³/mol. The van der Waals surface area contributed by atoms with Crippen molar-refractivity contribution in [3.63, 3.8) is 0 Å². The fourth-order valence-electron chi connectivity index (χ4n) is 3.52. The Morgan fingerprint density at radius 2 is 1.27 bits per heavy atom. The highest BCUT2D eigenvalue weighted by molar-refractivity contribution is 7.25. The average Bonchev–Trinajstić information content (AvgIpc) is 3.05. The molecule has 0 fully saturated rings. The number of hydrogen-bond donors (Lipinski definition) is 0. The van der Waals surface area contributed by atoms with E-state index in [1.807, 2.05) is 6.07 Å². The van der Waals surface area contributed by atoms with Crippen molar-refractivity contribution in [1.29, 1.82) is 0 Å². The molecule has 0 atom stereocenters. The fraction of sp³-hybridized carbons (Fsp3) is 0. The maximum atomic E-state index is 6.17. The molecule has 1 heterocycles. The zero-order valence-corrected chi connectivity index (χ0v) is 15.5. The number of hydrogen-bond acceptors (Lipinski definition) is 1. The van der Waals surface area contributed by atoms with Crippen LogP contribution in [0, 0.1) is 0 Å². The molecule has 0 bridgehead atoms. The third-order valence-electron chi connectivity index (χ3n) is 4.76. The molecule has 124 valence electrons. The SMILES string of the molecule is Clc1ccc2c(c1)sc1ccc(-c3ccccc3-c3ccccc3)cc12. The molecule has 0 spiro atoms. The van der Waals surface area contributed by atoms with E-state index in [1.54, 1.807) is 11.3 Å². The number of fused-ring (bicyclic) bond motifs is 3. The Kier molecular flexibility index (Phi) is 3.77. The average molecular weight is 371 g/mol. The normalized spacial score (nSPS) is 11.3. The van der Waals surface area contributed by atoms with Crippen molar-refractivity contribution in [1.82, 2.24) is 0 Å². The van der Waals surface area contributed by atoms with E-state index in [4.69, 9.17) is 11.6 Å². The Balaban J connectivity index is 1.74. The van der Waals surface area contributed by atoms with Crippen molar-refractivity contribution < 1.29 is 0 Å². The van der Waals surface area contributed by atoms with Crippen molar-refractivity contribution in [2.75, 3.05) is 0 Å². The molecule has 1 aromatic heterocycles. The van der Waals surface area contributed by atoms with Crippen LogP contribution in [0.4, 0.5) is 0 Å². The number of rotatable bonds is 2. The molecule has 0 saturated heterocycles. The van der Waals surface area contributed by atoms with E-state index in [0.29, 0.717) is 0 Å². The molecule has 0 nitrogen and oxygen atoms in total. The number of thiophene rings is 1. The summed E-state index contributed by atoms with van der Waals surface area (Å²) in [4.78, 5) is 0. The van der Waals surface area contributed by atoms with Crippen LogP contribution >= 0.6 is 22.9 Å². The molecule has 0 radical (unpaired) electrons. The highest BCUT2D eigenvalue weighted by atomic mass is 35.5. The summed E-state index contributed by atoms with van der Waals surface area (Å²) in [5, 5.41) is 3.36. The molecule has 0 aliphatic carbocycles. The summed E-state index contributed by atoms with van der Waals surface area (Å²) in [6.07, 6.45) is 0. The van der Waals surface area contributed by atoms with Gasteiger partial charge in [-0.1, -0.05) is 78.3 Å². The molecular weight excluding hydrogens is 356 g/mol. The van der Waals surface area contributed by atoms with E-state index < -0.39 is 0 Å². The number of halogens is 1. The van der Waals surface area contributed by atoms with Gasteiger partial charge < -0.3 is 0 Å². The molecule has 5 rings (SSSR count). The van der Waals surface area contributed by atoms with Crippen LogP contribution in [0.2, 0.25) is 5.02 Å². The fourth-order valence-corrected chi connectivity index (χ4v) is 4.89. The van der Waals surface area contributed by atoms with Crippen molar-refractivity contribution in [2.45, 2.75) is 0 Å². The van der Waals surface area contributed by atoms with Crippen LogP contribution in [0.1, 0.15) is 0 Å². The number of benzene rings is 4. The maximum Gasteiger partial charge on any atom is 0.0420 e. The van der Waals surface area contributed by atoms with Gasteiger partial charge >= 0.3 is 0 Å². The molecule has 0 unspecified atom stereocenters. The zero-order valence-electron chi connectivity index (χ0n) is 13.9. The van der Waals surface area contributed by atoms with Gasteiger partial charge in [0.15, 0.2) is 0 Å². The first-order valence-electron chi connectivity index (χ1n) is 8.56. The lowest BCUT2D eigenvalue weighted by molar-refractivity contribution is 1.60. The summed E-state index contributed by atoms with van der Waals surface area (Å²) in [5.41, 5.74) is 5.00. The maximum absolute atomic E-state index is 6.17. The highest BCUT2D eigenvalue weighted by Gasteiger charge is 2.10. The summed E-state index contributed by atoms with van der Waals surface area (Å²) in [7, 11) is 0. The Labute approximate surface area is 161 Å². The first kappa shape index (κ1) is 15.6. The third-order valence-corrected chi connectivity index (χ3v) is 6.12. The molecule has 4 aromatic carbocycles. The van der Waals surface area contributed by atoms with E-state index >= 15 is 0 Å². The van der Waals surface area contributed by atoms with E-state index in [2.05, 4.69) is 84.9 Å². The molecule has 26 heavy (non-hydrogen) atoms. The van der Waals surface area contributed by atoms with Crippen LogP contribution < -0.4 is 0 Å². The molecule has 0 aliphatic heterocycles. The molecule has 5 aromatic rings. The minimum atomic E-state index is 0.790. The first-order valence-corrected chi connectivity index (χ1v) is 9.76. The summed E-state index contributed by atoms with van der Waals surface area (Å²) in [5.74, 6) is 0. The van der Waals surface area contributed by atoms with Crippen molar-refractivity contribution in [3.05, 3.63) is 96.0 Å². The summed E-state index contributed by atoms with van der Waals surface area (Å²) < 4.78 is 2.53. The summed E-state index contributed by atoms with van der Waals surface area (Å²) >= 11 is 7.96. The van der Waals surface area contributed by atoms with Gasteiger partial charge in [0.25, 0.3) is 0 Å². The Bertz CT molecular complexity index is 1240. The largest absolute Gasteiger partial charge is 0.135 e. The van der Waals surface area contributed by atoms with Crippen LogP contribution in [0.15, 0.2) is 91.0 Å². The van der Waals surface area contributed by atoms with E-state index in [-0.39, 0.29) is 0 Å². The second-order valence-corrected chi connectivity index (χ2v) is 7.89. The van der Waals surface area contributed by atoms with Crippen LogP contribution in [0.5, 0.6) is 0 Å². The lowest BCUT2D eigenvalue weighted by Gasteiger charge is -2.10. The van der Waals surface area contributed by atoms with Crippen LogP contribution in [-0.2, 0) is 0 Å². The van der Waals surface area contributed by atoms with Gasteiger partial charge in [-0.15, -0.1) is 11.3 Å². The second kappa shape index (κ2) is 6.28. The van der Waals surface area contributed by atoms with Gasteiger partial charge in [0.05, 0.1) is 0 Å². The summed E-state index contributed by atoms with van der Waals surface area (Å²) in [6.45, 7) is 0. The van der Waals surface area contributed by atoms with Crippen molar-refractivity contribution in [2.24, 2.45) is 0 Å². The lowest BCUT2D eigenvalue weighted by atomic mass is 9.94. The van der Waals surface area contributed by atoms with Gasteiger partial charge in [0.2, 0.25) is 0 Å². The van der Waals surface area contributed by atoms with Gasteiger partial charge in [-0.2, -0.15) is 0 Å². The molecular formula is C24H15ClS. The molecule has 0 amide bonds. The molecule has 0 N–H and O–H groups in total. The van der Waals surface area contributed by atoms with Gasteiger partial charge in [-0.05, 0) is 46.5 Å². The molecule has 0 aliphatic rings. The Hall–Kier alpha value is -2.61. The predicted octanol–water partition coefficient (Wildman–Crippen LogP) is 8.04. The van der Waals surface area contributed by atoms with Crippen LogP contribution in [-0.4, -0.2) is 0 Å². The van der Waals surface area contributed by atoms with E-state index in [9.17, 15) is 0 Å². The smallest absolute Gasteiger partial charge is 0.0420 e. The Morgan fingerprint density at radius 3 is 2.08 bits per heavy atom. The van der Waals surface area contributed by atoms with Gasteiger partial charge in [-0.25, -0.2) is 0 Å². The minimum Gasteiger partial charge on any atom is -0.135 e. The van der Waals surface area contributed by atoms with Crippen LogP contribution in [0.25, 0.3) is 42.4 Å². The van der Waals surface area contributed by atoms with Crippen molar-refractivity contribution >= 4 is 43.1 Å². The van der Waals surface area contributed by atoms with Crippen LogP contribution in [0.3, 0.4) is 0 Å². The van der Waals surface area contributed by atoms with Crippen molar-refractivity contribution in [3.8, 4) is 22.3 Å². The monoisotopic (exact) mass is 370 g/mol. The minimum absolute atomic E-state index is 0.790. The standard InChI is InChI=1S/C24H15ClS/c25-18-11-12-21-22-14-17(10-13-23(22)26-24(21)15-18)20-9-5-4-8-19(20)16-6-2-1-3-7-16/h1-15H. The zero-order chi connectivity index (χ0) is 17.5. The van der Waals surface area contributed by atoms with Gasteiger partial charge in [0, 0.05) is 25.2 Å². The highest BCUT2D eigenvalue weighted by Crippen LogP contribution is 2.39. The quantitative estimate of drug-likeness (QED) is 0.295. The third kappa shape index (κ3) is 2.61. The van der Waals surface area contributed by atoms with Gasteiger partial charge in [0.1, 0.15) is 0 Å². The van der Waals surface area contributed by atoms with Gasteiger partial charge in [-0.3, -0.25) is 0 Å². The Morgan fingerprint density at radius 1 is 0.538 bits per heavy atom. The summed E-state index contributed by atoms with van der Waals surface area (Å²) in [6, 6.07) is 32.1. The molecule has 2 heteroatoms. The molecule has 0 saturated carbocycles. The van der Waals surface area contributed by atoms with E-state index in [1.165, 1.54) is 42.4 Å². The lowest BCUT2D eigenvalue weighted by Crippen LogP contribution is -1.84.